The van der Waals surface area contributed by atoms with Crippen LogP contribution in [0.5, 0.6) is 5.88 Å². The molecule has 7 nitrogen and oxygen atoms in total. The summed E-state index contributed by atoms with van der Waals surface area (Å²) in [6.07, 6.45) is 8.58. The molecule has 2 fully saturated rings. The van der Waals surface area contributed by atoms with E-state index in [1.807, 2.05) is 0 Å². The first-order chi connectivity index (χ1) is 14.2. The van der Waals surface area contributed by atoms with E-state index in [1.165, 1.54) is 10.4 Å². The van der Waals surface area contributed by atoms with E-state index >= 15 is 0 Å². The summed E-state index contributed by atoms with van der Waals surface area (Å²) in [7, 11) is 0. The molecule has 156 valence electrons. The quantitative estimate of drug-likeness (QED) is 0.823. The number of carbonyl (C=O) groups is 1. The average Bonchev–Trinajstić information content (AvgIpc) is 3.13. The van der Waals surface area contributed by atoms with E-state index in [1.54, 1.807) is 17.7 Å². The average molecular weight is 417 g/mol. The van der Waals surface area contributed by atoms with Gasteiger partial charge < -0.3 is 15.2 Å². The van der Waals surface area contributed by atoms with E-state index in [4.69, 9.17) is 15.2 Å². The van der Waals surface area contributed by atoms with Gasteiger partial charge in [0.05, 0.1) is 18.6 Å². The predicted octanol–water partition coefficient (Wildman–Crippen LogP) is 2.30. The number of thiophene rings is 1. The Kier molecular flexibility index (Phi) is 5.41. The summed E-state index contributed by atoms with van der Waals surface area (Å²) in [5, 5.41) is 1.01. The fourth-order valence-electron chi connectivity index (χ4n) is 5.04. The third-order valence-electron chi connectivity index (χ3n) is 6.69. The summed E-state index contributed by atoms with van der Waals surface area (Å²) in [5.41, 5.74) is 6.77. The molecule has 1 saturated heterocycles. The predicted molar refractivity (Wildman–Crippen MR) is 111 cm³/mol. The summed E-state index contributed by atoms with van der Waals surface area (Å²) in [5.74, 6) is 0.375. The van der Waals surface area contributed by atoms with Gasteiger partial charge in [-0.25, -0.2) is 9.97 Å². The van der Waals surface area contributed by atoms with Crippen LogP contribution in [-0.4, -0.2) is 59.2 Å². The standard InChI is InChI=1S/C21H28N4O3S/c22-19(26)13-1-6-17-16(11-13)18-20(23-12-24-21(18)29-17)28-15-4-2-14(3-5-15)25-7-9-27-10-8-25/h12-15H,1-11H2,(H2,22,26). The lowest BCUT2D eigenvalue weighted by Crippen LogP contribution is -2.46. The number of carbonyl (C=O) groups excluding carboxylic acids is 1. The van der Waals surface area contributed by atoms with Crippen LogP contribution in [0.4, 0.5) is 0 Å². The molecule has 1 unspecified atom stereocenters. The lowest BCUT2D eigenvalue weighted by molar-refractivity contribution is -0.122. The second-order valence-electron chi connectivity index (χ2n) is 8.40. The maximum Gasteiger partial charge on any atom is 0.225 e. The molecule has 1 atom stereocenters. The highest BCUT2D eigenvalue weighted by Crippen LogP contribution is 2.41. The summed E-state index contributed by atoms with van der Waals surface area (Å²) < 4.78 is 11.9. The van der Waals surface area contributed by atoms with Gasteiger partial charge >= 0.3 is 0 Å². The fraction of sp³-hybridized carbons (Fsp3) is 0.667. The van der Waals surface area contributed by atoms with Gasteiger partial charge in [0, 0.05) is 29.9 Å². The molecule has 3 heterocycles. The maximum atomic E-state index is 11.7. The van der Waals surface area contributed by atoms with E-state index in [-0.39, 0.29) is 17.9 Å². The van der Waals surface area contributed by atoms with Crippen molar-refractivity contribution in [1.82, 2.24) is 14.9 Å². The van der Waals surface area contributed by atoms with Crippen LogP contribution in [0.1, 0.15) is 42.5 Å². The first kappa shape index (κ1) is 19.2. The molecule has 0 radical (unpaired) electrons. The number of hydrogen-bond acceptors (Lipinski definition) is 7. The van der Waals surface area contributed by atoms with Crippen molar-refractivity contribution in [2.45, 2.75) is 57.1 Å². The smallest absolute Gasteiger partial charge is 0.225 e. The van der Waals surface area contributed by atoms with E-state index in [2.05, 4.69) is 14.9 Å². The van der Waals surface area contributed by atoms with Gasteiger partial charge in [0.2, 0.25) is 11.8 Å². The van der Waals surface area contributed by atoms with Gasteiger partial charge in [-0.05, 0) is 50.5 Å². The van der Waals surface area contributed by atoms with Gasteiger partial charge in [-0.1, -0.05) is 0 Å². The molecule has 3 aliphatic rings. The van der Waals surface area contributed by atoms with Crippen molar-refractivity contribution in [3.8, 4) is 5.88 Å². The van der Waals surface area contributed by atoms with Crippen LogP contribution < -0.4 is 10.5 Å². The number of aromatic nitrogens is 2. The molecule has 0 bridgehead atoms. The lowest BCUT2D eigenvalue weighted by atomic mass is 9.87. The Morgan fingerprint density at radius 1 is 1.17 bits per heavy atom. The molecular weight excluding hydrogens is 388 g/mol. The molecule has 8 heteroatoms. The zero-order valence-corrected chi connectivity index (χ0v) is 17.5. The minimum Gasteiger partial charge on any atom is -0.474 e. The Balaban J connectivity index is 1.31. The van der Waals surface area contributed by atoms with Crippen LogP contribution in [0.2, 0.25) is 0 Å². The van der Waals surface area contributed by atoms with Gasteiger partial charge in [-0.15, -0.1) is 11.3 Å². The molecule has 5 rings (SSSR count). The third kappa shape index (κ3) is 3.85. The van der Waals surface area contributed by atoms with Gasteiger partial charge in [0.1, 0.15) is 17.3 Å². The van der Waals surface area contributed by atoms with Crippen molar-refractivity contribution in [2.75, 3.05) is 26.3 Å². The van der Waals surface area contributed by atoms with E-state index in [0.717, 1.165) is 75.0 Å². The summed E-state index contributed by atoms with van der Waals surface area (Å²) in [4.78, 5) is 25.5. The summed E-state index contributed by atoms with van der Waals surface area (Å²) >= 11 is 1.71. The number of morpholine rings is 1. The van der Waals surface area contributed by atoms with Crippen LogP contribution in [0.15, 0.2) is 6.33 Å². The molecule has 2 aromatic rings. The van der Waals surface area contributed by atoms with Crippen molar-refractivity contribution in [3.05, 3.63) is 16.8 Å². The van der Waals surface area contributed by atoms with Crippen molar-refractivity contribution in [2.24, 2.45) is 11.7 Å². The topological polar surface area (TPSA) is 90.6 Å². The zero-order valence-electron chi connectivity index (χ0n) is 16.6. The number of fused-ring (bicyclic) bond motifs is 3. The highest BCUT2D eigenvalue weighted by molar-refractivity contribution is 7.18. The Labute approximate surface area is 174 Å². The molecule has 2 aromatic heterocycles. The SMILES string of the molecule is NC(=O)C1CCc2sc3ncnc(OC4CCC(N5CCOCC5)CC4)c3c2C1. The largest absolute Gasteiger partial charge is 0.474 e. The number of ether oxygens (including phenoxy) is 2. The lowest BCUT2D eigenvalue weighted by Gasteiger charge is -2.38. The highest BCUT2D eigenvalue weighted by Gasteiger charge is 2.31. The maximum absolute atomic E-state index is 11.7. The molecular formula is C21H28N4O3S. The summed E-state index contributed by atoms with van der Waals surface area (Å²) in [6.45, 7) is 3.80. The first-order valence-electron chi connectivity index (χ1n) is 10.7. The number of aryl methyl sites for hydroxylation is 1. The monoisotopic (exact) mass is 416 g/mol. The molecule has 2 N–H and O–H groups in total. The van der Waals surface area contributed by atoms with Gasteiger partial charge in [0.25, 0.3) is 0 Å². The number of primary amides is 1. The van der Waals surface area contributed by atoms with E-state index in [0.29, 0.717) is 18.3 Å². The number of rotatable bonds is 4. The number of nitrogens with zero attached hydrogens (tertiary/aromatic N) is 3. The second-order valence-corrected chi connectivity index (χ2v) is 9.49. The Morgan fingerprint density at radius 3 is 2.72 bits per heavy atom. The first-order valence-corrected chi connectivity index (χ1v) is 11.5. The molecule has 1 saturated carbocycles. The van der Waals surface area contributed by atoms with Gasteiger partial charge in [-0.2, -0.15) is 0 Å². The third-order valence-corrected chi connectivity index (χ3v) is 7.89. The van der Waals surface area contributed by atoms with Crippen LogP contribution in [-0.2, 0) is 22.4 Å². The molecule has 1 aliphatic heterocycles. The summed E-state index contributed by atoms with van der Waals surface area (Å²) in [6, 6.07) is 0.648. The Morgan fingerprint density at radius 2 is 1.97 bits per heavy atom. The van der Waals surface area contributed by atoms with Gasteiger partial charge in [-0.3, -0.25) is 9.69 Å². The minimum absolute atomic E-state index is 0.0997. The van der Waals surface area contributed by atoms with Crippen LogP contribution in [0.3, 0.4) is 0 Å². The number of nitrogens with two attached hydrogens (primary N) is 1. The van der Waals surface area contributed by atoms with Crippen LogP contribution in [0, 0.1) is 5.92 Å². The molecule has 1 amide bonds. The molecule has 29 heavy (non-hydrogen) atoms. The van der Waals surface area contributed by atoms with Crippen molar-refractivity contribution in [1.29, 1.82) is 0 Å². The number of hydrogen-bond donors (Lipinski definition) is 1. The molecule has 0 aromatic carbocycles. The van der Waals surface area contributed by atoms with Crippen molar-refractivity contribution >= 4 is 27.5 Å². The van der Waals surface area contributed by atoms with E-state index in [9.17, 15) is 4.79 Å². The van der Waals surface area contributed by atoms with Crippen molar-refractivity contribution in [3.63, 3.8) is 0 Å². The zero-order chi connectivity index (χ0) is 19.8. The molecule has 2 aliphatic carbocycles. The Hall–Kier alpha value is -1.77. The normalized spacial score (nSPS) is 28.2. The van der Waals surface area contributed by atoms with Crippen LogP contribution in [0.25, 0.3) is 10.2 Å². The number of amides is 1. The van der Waals surface area contributed by atoms with E-state index < -0.39 is 0 Å². The minimum atomic E-state index is -0.212. The van der Waals surface area contributed by atoms with Gasteiger partial charge in [0.15, 0.2) is 0 Å². The van der Waals surface area contributed by atoms with Crippen LogP contribution >= 0.6 is 11.3 Å². The fourth-order valence-corrected chi connectivity index (χ4v) is 6.21. The highest BCUT2D eigenvalue weighted by atomic mass is 32.1. The molecule has 0 spiro atoms. The Bertz CT molecular complexity index is 887. The van der Waals surface area contributed by atoms with Crippen molar-refractivity contribution < 1.29 is 14.3 Å². The second kappa shape index (κ2) is 8.16.